The van der Waals surface area contributed by atoms with Gasteiger partial charge in [0.1, 0.15) is 6.04 Å². The van der Waals surface area contributed by atoms with Crippen LogP contribution < -0.4 is 16.0 Å². The molecule has 2 atom stereocenters. The minimum absolute atomic E-state index is 0.161. The number of nitrogens with zero attached hydrogens (tertiary/aromatic N) is 2. The Labute approximate surface area is 262 Å². The topological polar surface area (TPSA) is 103 Å². The summed E-state index contributed by atoms with van der Waals surface area (Å²) >= 11 is 9.58. The molecular weight excluding hydrogens is 590 g/mol. The molecule has 11 heteroatoms. The summed E-state index contributed by atoms with van der Waals surface area (Å²) in [5, 5.41) is 10.6. The van der Waals surface area contributed by atoms with Gasteiger partial charge in [-0.3, -0.25) is 19.3 Å². The SMILES string of the molecule is C=C(CN1CCSCC1)C(=O)NC[C@H](CC1CCCCC1)NC(=O)C(Cc1nc2ccc(Cl)cc2s1)NC(=O)CCC. The second-order valence-electron chi connectivity index (χ2n) is 11.4. The molecule has 2 aromatic rings. The molecular formula is C31H44ClN5O3S2. The highest BCUT2D eigenvalue weighted by atomic mass is 35.5. The fraction of sp³-hybridized carbons (Fsp3) is 0.613. The smallest absolute Gasteiger partial charge is 0.247 e. The van der Waals surface area contributed by atoms with Gasteiger partial charge in [0.2, 0.25) is 17.7 Å². The molecule has 1 aliphatic heterocycles. The van der Waals surface area contributed by atoms with Crippen molar-refractivity contribution in [3.8, 4) is 0 Å². The average Bonchev–Trinajstić information content (AvgIpc) is 3.38. The summed E-state index contributed by atoms with van der Waals surface area (Å²) in [6, 6.07) is 4.51. The van der Waals surface area contributed by atoms with Crippen LogP contribution in [0.4, 0.5) is 0 Å². The van der Waals surface area contributed by atoms with Gasteiger partial charge < -0.3 is 16.0 Å². The predicted molar refractivity (Wildman–Crippen MR) is 174 cm³/mol. The first kappa shape index (κ1) is 32.8. The van der Waals surface area contributed by atoms with Crippen molar-refractivity contribution < 1.29 is 14.4 Å². The Morgan fingerprint density at radius 1 is 1.14 bits per heavy atom. The number of hydrogen-bond acceptors (Lipinski definition) is 7. The maximum Gasteiger partial charge on any atom is 0.247 e. The number of hydrogen-bond donors (Lipinski definition) is 3. The fourth-order valence-corrected chi connectivity index (χ4v) is 7.94. The maximum atomic E-state index is 13.7. The van der Waals surface area contributed by atoms with Gasteiger partial charge in [-0.05, 0) is 37.0 Å². The number of carbonyl (C=O) groups excluding carboxylic acids is 3. The first-order valence-corrected chi connectivity index (χ1v) is 17.6. The van der Waals surface area contributed by atoms with Crippen molar-refractivity contribution >= 4 is 62.6 Å². The van der Waals surface area contributed by atoms with Crippen LogP contribution >= 0.6 is 34.7 Å². The number of thiazole rings is 1. The third-order valence-electron chi connectivity index (χ3n) is 7.94. The number of carbonyl (C=O) groups is 3. The van der Waals surface area contributed by atoms with Crippen LogP contribution in [0.2, 0.25) is 5.02 Å². The summed E-state index contributed by atoms with van der Waals surface area (Å²) in [5.74, 6) is 2.06. The maximum absolute atomic E-state index is 13.7. The molecule has 3 amide bonds. The monoisotopic (exact) mass is 633 g/mol. The molecule has 1 aliphatic carbocycles. The Morgan fingerprint density at radius 3 is 2.64 bits per heavy atom. The lowest BCUT2D eigenvalue weighted by Crippen LogP contribution is -2.53. The summed E-state index contributed by atoms with van der Waals surface area (Å²) in [4.78, 5) is 46.3. The molecule has 4 rings (SSSR count). The van der Waals surface area contributed by atoms with E-state index >= 15 is 0 Å². The molecule has 2 fully saturated rings. The molecule has 0 radical (unpaired) electrons. The fourth-order valence-electron chi connectivity index (χ4n) is 5.67. The third kappa shape index (κ3) is 10.2. The summed E-state index contributed by atoms with van der Waals surface area (Å²) in [5.41, 5.74) is 1.37. The number of aromatic nitrogens is 1. The van der Waals surface area contributed by atoms with Gasteiger partial charge in [-0.15, -0.1) is 11.3 Å². The minimum Gasteiger partial charge on any atom is -0.350 e. The van der Waals surface area contributed by atoms with Crippen LogP contribution in [-0.2, 0) is 20.8 Å². The van der Waals surface area contributed by atoms with E-state index in [4.69, 9.17) is 11.6 Å². The molecule has 2 aliphatic rings. The lowest BCUT2D eigenvalue weighted by atomic mass is 9.84. The van der Waals surface area contributed by atoms with Gasteiger partial charge in [-0.2, -0.15) is 11.8 Å². The Kier molecular flexibility index (Phi) is 13.0. The van der Waals surface area contributed by atoms with Gasteiger partial charge in [0.25, 0.3) is 0 Å². The van der Waals surface area contributed by atoms with Gasteiger partial charge >= 0.3 is 0 Å². The van der Waals surface area contributed by atoms with Crippen LogP contribution in [0.5, 0.6) is 0 Å². The van der Waals surface area contributed by atoms with E-state index in [-0.39, 0.29) is 30.2 Å². The number of thioether (sulfide) groups is 1. The largest absolute Gasteiger partial charge is 0.350 e. The molecule has 1 saturated heterocycles. The Bertz CT molecular complexity index is 1230. The van der Waals surface area contributed by atoms with E-state index in [1.54, 1.807) is 6.07 Å². The van der Waals surface area contributed by atoms with Crippen molar-refractivity contribution in [2.45, 2.75) is 76.8 Å². The quantitative estimate of drug-likeness (QED) is 0.254. The molecule has 1 aromatic heterocycles. The zero-order valence-electron chi connectivity index (χ0n) is 24.6. The normalized spacial score (nSPS) is 17.9. The van der Waals surface area contributed by atoms with Crippen LogP contribution in [0.15, 0.2) is 30.4 Å². The summed E-state index contributed by atoms with van der Waals surface area (Å²) in [7, 11) is 0. The van der Waals surface area contributed by atoms with E-state index in [0.29, 0.717) is 42.4 Å². The Hall–Kier alpha value is -2.14. The van der Waals surface area contributed by atoms with Crippen molar-refractivity contribution in [3.05, 3.63) is 40.4 Å². The number of nitrogens with one attached hydrogen (secondary N) is 3. The number of amides is 3. The van der Waals surface area contributed by atoms with E-state index in [2.05, 4.69) is 32.4 Å². The predicted octanol–water partition coefficient (Wildman–Crippen LogP) is 4.95. The molecule has 230 valence electrons. The van der Waals surface area contributed by atoms with Gasteiger partial charge in [-0.25, -0.2) is 4.98 Å². The highest BCUT2D eigenvalue weighted by Crippen LogP contribution is 2.28. The van der Waals surface area contributed by atoms with Crippen molar-refractivity contribution in [3.63, 3.8) is 0 Å². The van der Waals surface area contributed by atoms with Crippen LogP contribution in [-0.4, -0.2) is 77.4 Å². The highest BCUT2D eigenvalue weighted by Gasteiger charge is 2.27. The highest BCUT2D eigenvalue weighted by molar-refractivity contribution is 7.99. The third-order valence-corrected chi connectivity index (χ3v) is 10.2. The van der Waals surface area contributed by atoms with Gasteiger partial charge in [0, 0.05) is 67.2 Å². The molecule has 0 spiro atoms. The lowest BCUT2D eigenvalue weighted by molar-refractivity contribution is -0.129. The summed E-state index contributed by atoms with van der Waals surface area (Å²) in [6.45, 7) is 8.79. The Morgan fingerprint density at radius 2 is 1.90 bits per heavy atom. The van der Waals surface area contributed by atoms with E-state index in [1.165, 1.54) is 30.6 Å². The molecule has 1 unspecified atom stereocenters. The number of halogens is 1. The van der Waals surface area contributed by atoms with Crippen molar-refractivity contribution in [1.82, 2.24) is 25.8 Å². The molecule has 1 aromatic carbocycles. The number of benzene rings is 1. The molecule has 3 N–H and O–H groups in total. The van der Waals surface area contributed by atoms with E-state index < -0.39 is 6.04 Å². The van der Waals surface area contributed by atoms with Gasteiger partial charge in [0.05, 0.1) is 15.2 Å². The van der Waals surface area contributed by atoms with Crippen LogP contribution in [0, 0.1) is 5.92 Å². The van der Waals surface area contributed by atoms with Gasteiger partial charge in [-0.1, -0.05) is 57.2 Å². The summed E-state index contributed by atoms with van der Waals surface area (Å²) < 4.78 is 0.943. The van der Waals surface area contributed by atoms with Crippen molar-refractivity contribution in [2.24, 2.45) is 5.92 Å². The zero-order chi connectivity index (χ0) is 29.9. The van der Waals surface area contributed by atoms with E-state index in [0.717, 1.165) is 59.1 Å². The lowest BCUT2D eigenvalue weighted by Gasteiger charge is -2.29. The minimum atomic E-state index is -0.767. The van der Waals surface area contributed by atoms with Crippen molar-refractivity contribution in [1.29, 1.82) is 0 Å². The van der Waals surface area contributed by atoms with Crippen LogP contribution in [0.1, 0.15) is 63.3 Å². The Balaban J connectivity index is 1.43. The van der Waals surface area contributed by atoms with E-state index in [1.807, 2.05) is 30.8 Å². The number of fused-ring (bicyclic) bond motifs is 1. The molecule has 1 saturated carbocycles. The van der Waals surface area contributed by atoms with Crippen molar-refractivity contribution in [2.75, 3.05) is 37.7 Å². The van der Waals surface area contributed by atoms with Crippen LogP contribution in [0.3, 0.4) is 0 Å². The van der Waals surface area contributed by atoms with Crippen LogP contribution in [0.25, 0.3) is 10.2 Å². The molecule has 0 bridgehead atoms. The first-order valence-electron chi connectivity index (χ1n) is 15.2. The zero-order valence-corrected chi connectivity index (χ0v) is 27.0. The summed E-state index contributed by atoms with van der Waals surface area (Å²) in [6.07, 6.45) is 8.01. The second kappa shape index (κ2) is 16.6. The standard InChI is InChI=1S/C31H44ClN5O3S2/c1-3-7-28(38)35-26(18-29-36-25-11-10-23(32)17-27(25)42-29)31(40)34-24(16-22-8-5-4-6-9-22)19-33-30(39)21(2)20-37-12-14-41-15-13-37/h10-11,17,22,24,26H,2-9,12-16,18-20H2,1H3,(H,33,39)(H,34,40)(H,35,38)/t24-,26?/m0/s1. The number of rotatable bonds is 14. The molecule has 42 heavy (non-hydrogen) atoms. The first-order chi connectivity index (χ1) is 20.3. The second-order valence-corrected chi connectivity index (χ2v) is 14.2. The average molecular weight is 634 g/mol. The van der Waals surface area contributed by atoms with E-state index in [9.17, 15) is 14.4 Å². The molecule has 8 nitrogen and oxygen atoms in total. The van der Waals surface area contributed by atoms with Gasteiger partial charge in [0.15, 0.2) is 0 Å². The molecule has 2 heterocycles.